The average molecular weight is 224 g/mol. The predicted octanol–water partition coefficient (Wildman–Crippen LogP) is 0.891. The largest absolute Gasteiger partial charge is 0.343 e. The van der Waals surface area contributed by atoms with Crippen LogP contribution in [0, 0.1) is 5.92 Å². The molecule has 5 heteroatoms. The summed E-state index contributed by atoms with van der Waals surface area (Å²) >= 11 is 0. The van der Waals surface area contributed by atoms with Crippen molar-refractivity contribution in [2.24, 2.45) is 5.92 Å². The van der Waals surface area contributed by atoms with E-state index < -0.39 is 0 Å². The van der Waals surface area contributed by atoms with Crippen molar-refractivity contribution in [2.75, 3.05) is 26.7 Å². The zero-order chi connectivity index (χ0) is 11.2. The highest BCUT2D eigenvalue weighted by molar-refractivity contribution is 4.81. The van der Waals surface area contributed by atoms with E-state index in [1.165, 1.54) is 25.7 Å². The summed E-state index contributed by atoms with van der Waals surface area (Å²) in [7, 11) is 2.02. The van der Waals surface area contributed by atoms with Gasteiger partial charge in [0, 0.05) is 0 Å². The maximum absolute atomic E-state index is 4.73. The van der Waals surface area contributed by atoms with Crippen LogP contribution >= 0.6 is 0 Å². The molecule has 2 rings (SSSR count). The van der Waals surface area contributed by atoms with Gasteiger partial charge in [0.1, 0.15) is 0 Å². The van der Waals surface area contributed by atoms with Gasteiger partial charge >= 0.3 is 0 Å². The fraction of sp³-hybridized carbons (Fsp3) is 0.818. The Labute approximate surface area is 96.2 Å². The molecule has 0 spiro atoms. The molecule has 1 aliphatic rings. The van der Waals surface area contributed by atoms with Gasteiger partial charge in [-0.2, -0.15) is 4.98 Å². The zero-order valence-corrected chi connectivity index (χ0v) is 9.85. The Morgan fingerprint density at radius 3 is 2.94 bits per heavy atom. The second-order valence-electron chi connectivity index (χ2n) is 4.46. The molecule has 2 heterocycles. The molecule has 0 aromatic carbocycles. The lowest BCUT2D eigenvalue weighted by atomic mass is 9.93. The second-order valence-corrected chi connectivity index (χ2v) is 4.46. The molecule has 1 aromatic heterocycles. The smallest absolute Gasteiger partial charge is 0.213 e. The van der Waals surface area contributed by atoms with E-state index in [0.29, 0.717) is 0 Å². The molecule has 1 aliphatic heterocycles. The SMILES string of the molecule is CNCCC1CCN(Cc2ncon2)CC1. The van der Waals surface area contributed by atoms with E-state index in [4.69, 9.17) is 4.52 Å². The second kappa shape index (κ2) is 5.96. The van der Waals surface area contributed by atoms with Crippen molar-refractivity contribution in [1.82, 2.24) is 20.4 Å². The first-order chi connectivity index (χ1) is 7.88. The van der Waals surface area contributed by atoms with Crippen molar-refractivity contribution in [3.8, 4) is 0 Å². The van der Waals surface area contributed by atoms with Gasteiger partial charge < -0.3 is 9.84 Å². The van der Waals surface area contributed by atoms with Crippen molar-refractivity contribution < 1.29 is 4.52 Å². The molecule has 5 nitrogen and oxygen atoms in total. The monoisotopic (exact) mass is 224 g/mol. The standard InChI is InChI=1S/C11H20N4O/c1-12-5-2-10-3-6-15(7-4-10)8-11-13-9-16-14-11/h9-10,12H,2-8H2,1H3. The van der Waals surface area contributed by atoms with Crippen LogP contribution in [0.4, 0.5) is 0 Å². The van der Waals surface area contributed by atoms with Gasteiger partial charge in [0.05, 0.1) is 6.54 Å². The van der Waals surface area contributed by atoms with Crippen LogP contribution in [0.2, 0.25) is 0 Å². The number of likely N-dealkylation sites (tertiary alicyclic amines) is 1. The van der Waals surface area contributed by atoms with Crippen molar-refractivity contribution in [2.45, 2.75) is 25.8 Å². The highest BCUT2D eigenvalue weighted by Crippen LogP contribution is 2.20. The third-order valence-electron chi connectivity index (χ3n) is 3.28. The van der Waals surface area contributed by atoms with Gasteiger partial charge in [0.25, 0.3) is 0 Å². The van der Waals surface area contributed by atoms with Crippen LogP contribution in [0.1, 0.15) is 25.1 Å². The third kappa shape index (κ3) is 3.28. The van der Waals surface area contributed by atoms with Crippen LogP contribution in [0.15, 0.2) is 10.9 Å². The number of hydrogen-bond acceptors (Lipinski definition) is 5. The van der Waals surface area contributed by atoms with Crippen LogP contribution in [0.3, 0.4) is 0 Å². The first-order valence-electron chi connectivity index (χ1n) is 6.00. The molecule has 90 valence electrons. The average Bonchev–Trinajstić information content (AvgIpc) is 2.81. The number of rotatable bonds is 5. The minimum Gasteiger partial charge on any atom is -0.343 e. The van der Waals surface area contributed by atoms with E-state index in [1.54, 1.807) is 0 Å². The summed E-state index contributed by atoms with van der Waals surface area (Å²) in [4.78, 5) is 6.45. The summed E-state index contributed by atoms with van der Waals surface area (Å²) in [6.45, 7) is 4.27. The maximum Gasteiger partial charge on any atom is 0.213 e. The van der Waals surface area contributed by atoms with Gasteiger partial charge in [-0.3, -0.25) is 4.90 Å². The minimum absolute atomic E-state index is 0.800. The summed E-state index contributed by atoms with van der Waals surface area (Å²) in [5, 5.41) is 7.06. The number of nitrogens with zero attached hydrogens (tertiary/aromatic N) is 3. The van der Waals surface area contributed by atoms with Crippen LogP contribution < -0.4 is 5.32 Å². The highest BCUT2D eigenvalue weighted by Gasteiger charge is 2.19. The number of piperidine rings is 1. The van der Waals surface area contributed by atoms with Crippen LogP contribution in [-0.4, -0.2) is 41.7 Å². The van der Waals surface area contributed by atoms with Gasteiger partial charge in [-0.25, -0.2) is 0 Å². The maximum atomic E-state index is 4.73. The molecule has 0 saturated carbocycles. The van der Waals surface area contributed by atoms with E-state index in [0.717, 1.165) is 37.9 Å². The lowest BCUT2D eigenvalue weighted by Crippen LogP contribution is -2.34. The Morgan fingerprint density at radius 1 is 1.50 bits per heavy atom. The molecule has 1 saturated heterocycles. The topological polar surface area (TPSA) is 54.2 Å². The predicted molar refractivity (Wildman–Crippen MR) is 60.8 cm³/mol. The lowest BCUT2D eigenvalue weighted by Gasteiger charge is -2.31. The van der Waals surface area contributed by atoms with Crippen LogP contribution in [0.25, 0.3) is 0 Å². The van der Waals surface area contributed by atoms with Crippen molar-refractivity contribution in [3.63, 3.8) is 0 Å². The van der Waals surface area contributed by atoms with Crippen molar-refractivity contribution >= 4 is 0 Å². The van der Waals surface area contributed by atoms with Gasteiger partial charge in [-0.15, -0.1) is 0 Å². The molecule has 0 atom stereocenters. The summed E-state index contributed by atoms with van der Waals surface area (Å²) in [5.41, 5.74) is 0. The Balaban J connectivity index is 1.69. The summed E-state index contributed by atoms with van der Waals surface area (Å²) in [6, 6.07) is 0. The molecule has 0 bridgehead atoms. The van der Waals surface area contributed by atoms with E-state index >= 15 is 0 Å². The minimum atomic E-state index is 0.800. The van der Waals surface area contributed by atoms with Crippen molar-refractivity contribution in [1.29, 1.82) is 0 Å². The first-order valence-corrected chi connectivity index (χ1v) is 6.00. The molecule has 1 N–H and O–H groups in total. The molecule has 0 amide bonds. The van der Waals surface area contributed by atoms with Gasteiger partial charge in [-0.05, 0) is 51.9 Å². The van der Waals surface area contributed by atoms with Gasteiger partial charge in [0.15, 0.2) is 5.82 Å². The number of nitrogens with one attached hydrogen (secondary N) is 1. The Hall–Kier alpha value is -0.940. The normalized spacial score (nSPS) is 19.1. The zero-order valence-electron chi connectivity index (χ0n) is 9.85. The molecular weight excluding hydrogens is 204 g/mol. The summed E-state index contributed by atoms with van der Waals surface area (Å²) in [5.74, 6) is 1.68. The fourth-order valence-electron chi connectivity index (χ4n) is 2.24. The molecule has 1 aromatic rings. The molecule has 0 radical (unpaired) electrons. The summed E-state index contributed by atoms with van der Waals surface area (Å²) in [6.07, 6.45) is 5.28. The van der Waals surface area contributed by atoms with E-state index in [2.05, 4.69) is 20.4 Å². The van der Waals surface area contributed by atoms with E-state index in [1.807, 2.05) is 7.05 Å². The molecule has 0 unspecified atom stereocenters. The molecule has 1 fully saturated rings. The van der Waals surface area contributed by atoms with E-state index in [9.17, 15) is 0 Å². The molecule has 0 aliphatic carbocycles. The fourth-order valence-corrected chi connectivity index (χ4v) is 2.24. The summed E-state index contributed by atoms with van der Waals surface area (Å²) < 4.78 is 4.73. The van der Waals surface area contributed by atoms with Gasteiger partial charge in [0.2, 0.25) is 6.39 Å². The quantitative estimate of drug-likeness (QED) is 0.805. The molecular formula is C11H20N4O. The Morgan fingerprint density at radius 2 is 2.31 bits per heavy atom. The Kier molecular flexibility index (Phi) is 4.30. The van der Waals surface area contributed by atoms with Gasteiger partial charge in [-0.1, -0.05) is 5.16 Å². The van der Waals surface area contributed by atoms with E-state index in [-0.39, 0.29) is 0 Å². The highest BCUT2D eigenvalue weighted by atomic mass is 16.5. The lowest BCUT2D eigenvalue weighted by molar-refractivity contribution is 0.167. The number of hydrogen-bond donors (Lipinski definition) is 1. The number of aromatic nitrogens is 2. The molecule has 16 heavy (non-hydrogen) atoms. The first kappa shape index (κ1) is 11.5. The van der Waals surface area contributed by atoms with Crippen LogP contribution in [-0.2, 0) is 6.54 Å². The Bertz CT molecular complexity index is 280. The van der Waals surface area contributed by atoms with Crippen molar-refractivity contribution in [3.05, 3.63) is 12.2 Å². The van der Waals surface area contributed by atoms with Crippen LogP contribution in [0.5, 0.6) is 0 Å². The third-order valence-corrected chi connectivity index (χ3v) is 3.28.